The molecule has 0 aromatic carbocycles. The van der Waals surface area contributed by atoms with E-state index in [1.807, 2.05) is 12.1 Å². The van der Waals surface area contributed by atoms with Gasteiger partial charge in [-0.25, -0.2) is 9.97 Å². The molecule has 0 radical (unpaired) electrons. The summed E-state index contributed by atoms with van der Waals surface area (Å²) in [6, 6.07) is 11.4. The number of nitrogens with zero attached hydrogens (tertiary/aromatic N) is 6. The molecule has 108 valence electrons. The first-order valence-electron chi connectivity index (χ1n) is 7.03. The van der Waals surface area contributed by atoms with E-state index in [2.05, 4.69) is 25.8 Å². The second kappa shape index (κ2) is 6.11. The van der Waals surface area contributed by atoms with Gasteiger partial charge in [-0.05, 0) is 24.3 Å². The number of anilines is 2. The summed E-state index contributed by atoms with van der Waals surface area (Å²) in [5.41, 5.74) is 2.05. The second-order valence-electron chi connectivity index (χ2n) is 4.97. The summed E-state index contributed by atoms with van der Waals surface area (Å²) in [7, 11) is 0. The van der Waals surface area contributed by atoms with Gasteiger partial charge < -0.3 is 9.80 Å². The molecule has 1 fully saturated rings. The molecule has 0 saturated carbocycles. The Bertz CT molecular complexity index is 732. The molecule has 6 heteroatoms. The number of pyridine rings is 2. The van der Waals surface area contributed by atoms with Crippen molar-refractivity contribution in [2.45, 2.75) is 0 Å². The highest BCUT2D eigenvalue weighted by Gasteiger charge is 2.20. The molecule has 1 aliphatic rings. The van der Waals surface area contributed by atoms with Crippen LogP contribution in [0.15, 0.2) is 36.7 Å². The van der Waals surface area contributed by atoms with Crippen LogP contribution in [-0.2, 0) is 0 Å². The largest absolute Gasteiger partial charge is 0.367 e. The van der Waals surface area contributed by atoms with E-state index in [1.165, 1.54) is 0 Å². The van der Waals surface area contributed by atoms with Gasteiger partial charge in [0, 0.05) is 32.4 Å². The minimum absolute atomic E-state index is 0.425. The molecule has 0 amide bonds. The quantitative estimate of drug-likeness (QED) is 0.834. The maximum Gasteiger partial charge on any atom is 0.146 e. The number of hydrogen-bond acceptors (Lipinski definition) is 6. The number of aromatic nitrogens is 2. The van der Waals surface area contributed by atoms with Crippen LogP contribution in [0.3, 0.4) is 0 Å². The summed E-state index contributed by atoms with van der Waals surface area (Å²) < 4.78 is 0. The Labute approximate surface area is 128 Å². The molecule has 3 heterocycles. The number of rotatable bonds is 2. The van der Waals surface area contributed by atoms with Crippen LogP contribution in [-0.4, -0.2) is 36.1 Å². The molecule has 0 spiro atoms. The fourth-order valence-corrected chi connectivity index (χ4v) is 2.55. The first kappa shape index (κ1) is 13.8. The third kappa shape index (κ3) is 2.68. The smallest absolute Gasteiger partial charge is 0.146 e. The molecule has 0 unspecified atom stereocenters. The van der Waals surface area contributed by atoms with Crippen molar-refractivity contribution in [1.82, 2.24) is 9.97 Å². The van der Waals surface area contributed by atoms with Gasteiger partial charge in [-0.3, -0.25) is 0 Å². The van der Waals surface area contributed by atoms with E-state index in [1.54, 1.807) is 30.6 Å². The van der Waals surface area contributed by atoms with E-state index < -0.39 is 0 Å². The molecule has 22 heavy (non-hydrogen) atoms. The zero-order valence-electron chi connectivity index (χ0n) is 12.0. The summed E-state index contributed by atoms with van der Waals surface area (Å²) >= 11 is 0. The van der Waals surface area contributed by atoms with Gasteiger partial charge in [-0.15, -0.1) is 0 Å². The van der Waals surface area contributed by atoms with Crippen LogP contribution in [0.1, 0.15) is 11.3 Å². The molecule has 1 saturated heterocycles. The van der Waals surface area contributed by atoms with Crippen molar-refractivity contribution in [3.05, 3.63) is 47.9 Å². The average Bonchev–Trinajstić information content (AvgIpc) is 2.62. The Balaban J connectivity index is 1.70. The highest BCUT2D eigenvalue weighted by molar-refractivity contribution is 5.55. The van der Waals surface area contributed by atoms with Crippen LogP contribution in [0.25, 0.3) is 0 Å². The maximum atomic E-state index is 9.17. The number of piperazine rings is 1. The summed E-state index contributed by atoms with van der Waals surface area (Å²) in [6.07, 6.45) is 3.45. The topological polar surface area (TPSA) is 79.8 Å². The van der Waals surface area contributed by atoms with E-state index in [9.17, 15) is 0 Å². The lowest BCUT2D eigenvalue weighted by molar-refractivity contribution is 0.646. The molecule has 6 nitrogen and oxygen atoms in total. The minimum atomic E-state index is 0.425. The van der Waals surface area contributed by atoms with Gasteiger partial charge in [0.05, 0.1) is 17.4 Å². The van der Waals surface area contributed by atoms with E-state index in [4.69, 9.17) is 10.5 Å². The number of hydrogen-bond donors (Lipinski definition) is 0. The van der Waals surface area contributed by atoms with Crippen molar-refractivity contribution in [2.75, 3.05) is 36.0 Å². The number of nitriles is 2. The van der Waals surface area contributed by atoms with Gasteiger partial charge in [0.15, 0.2) is 0 Å². The molecule has 2 aromatic heterocycles. The van der Waals surface area contributed by atoms with Crippen molar-refractivity contribution in [3.8, 4) is 12.1 Å². The SMILES string of the molecule is N#Cc1ccc(N2CCN(c3ncccc3C#N)CC2)cn1. The van der Waals surface area contributed by atoms with Crippen LogP contribution in [0, 0.1) is 22.7 Å². The van der Waals surface area contributed by atoms with E-state index in [-0.39, 0.29) is 0 Å². The Hall–Kier alpha value is -3.12. The molecule has 0 bridgehead atoms. The monoisotopic (exact) mass is 290 g/mol. The predicted octanol–water partition coefficient (Wildman–Crippen LogP) is 1.55. The van der Waals surface area contributed by atoms with Crippen molar-refractivity contribution in [1.29, 1.82) is 10.5 Å². The van der Waals surface area contributed by atoms with Gasteiger partial charge in [0.25, 0.3) is 0 Å². The maximum absolute atomic E-state index is 9.17. The molecular formula is C16H14N6. The Morgan fingerprint density at radius 1 is 0.909 bits per heavy atom. The van der Waals surface area contributed by atoms with Crippen LogP contribution in [0.2, 0.25) is 0 Å². The van der Waals surface area contributed by atoms with E-state index in [0.29, 0.717) is 11.3 Å². The van der Waals surface area contributed by atoms with Gasteiger partial charge in [-0.1, -0.05) is 0 Å². The molecule has 0 atom stereocenters. The molecular weight excluding hydrogens is 276 g/mol. The fourth-order valence-electron chi connectivity index (χ4n) is 2.55. The van der Waals surface area contributed by atoms with Crippen molar-refractivity contribution in [2.24, 2.45) is 0 Å². The van der Waals surface area contributed by atoms with Crippen molar-refractivity contribution < 1.29 is 0 Å². The zero-order chi connectivity index (χ0) is 15.4. The van der Waals surface area contributed by atoms with Gasteiger partial charge in [0.1, 0.15) is 23.7 Å². The molecule has 2 aromatic rings. The van der Waals surface area contributed by atoms with Crippen LogP contribution < -0.4 is 9.80 Å². The molecule has 1 aliphatic heterocycles. The van der Waals surface area contributed by atoms with Gasteiger partial charge >= 0.3 is 0 Å². The van der Waals surface area contributed by atoms with Crippen LogP contribution in [0.4, 0.5) is 11.5 Å². The Morgan fingerprint density at radius 2 is 1.68 bits per heavy atom. The Kier molecular flexibility index (Phi) is 3.84. The average molecular weight is 290 g/mol. The lowest BCUT2D eigenvalue weighted by Crippen LogP contribution is -2.47. The van der Waals surface area contributed by atoms with E-state index in [0.717, 1.165) is 37.7 Å². The van der Waals surface area contributed by atoms with Gasteiger partial charge in [0.2, 0.25) is 0 Å². The minimum Gasteiger partial charge on any atom is -0.367 e. The standard InChI is InChI=1S/C16H14N6/c17-10-13-2-1-5-19-16(13)22-8-6-21(7-9-22)15-4-3-14(11-18)20-12-15/h1-5,12H,6-9H2. The predicted molar refractivity (Wildman–Crippen MR) is 82.3 cm³/mol. The molecule has 0 N–H and O–H groups in total. The van der Waals surface area contributed by atoms with Crippen molar-refractivity contribution in [3.63, 3.8) is 0 Å². The summed E-state index contributed by atoms with van der Waals surface area (Å²) in [5.74, 6) is 0.752. The lowest BCUT2D eigenvalue weighted by atomic mass is 10.2. The first-order chi connectivity index (χ1) is 10.8. The Morgan fingerprint density at radius 3 is 2.32 bits per heavy atom. The summed E-state index contributed by atoms with van der Waals surface area (Å²) in [5, 5.41) is 17.9. The van der Waals surface area contributed by atoms with Crippen LogP contribution >= 0.6 is 0 Å². The summed E-state index contributed by atoms with van der Waals surface area (Å²) in [6.45, 7) is 3.25. The van der Waals surface area contributed by atoms with Crippen molar-refractivity contribution >= 4 is 11.5 Å². The van der Waals surface area contributed by atoms with Gasteiger partial charge in [-0.2, -0.15) is 10.5 Å². The highest BCUT2D eigenvalue weighted by atomic mass is 15.3. The highest BCUT2D eigenvalue weighted by Crippen LogP contribution is 2.21. The third-order valence-corrected chi connectivity index (χ3v) is 3.71. The lowest BCUT2D eigenvalue weighted by Gasteiger charge is -2.36. The first-order valence-corrected chi connectivity index (χ1v) is 7.03. The second-order valence-corrected chi connectivity index (χ2v) is 4.97. The fraction of sp³-hybridized carbons (Fsp3) is 0.250. The zero-order valence-corrected chi connectivity index (χ0v) is 12.0. The third-order valence-electron chi connectivity index (χ3n) is 3.71. The van der Waals surface area contributed by atoms with Crippen LogP contribution in [0.5, 0.6) is 0 Å². The van der Waals surface area contributed by atoms with E-state index >= 15 is 0 Å². The molecule has 0 aliphatic carbocycles. The normalized spacial score (nSPS) is 14.3. The molecule has 3 rings (SSSR count). The summed E-state index contributed by atoms with van der Waals surface area (Å²) in [4.78, 5) is 12.8.